The Labute approximate surface area is 83.6 Å². The lowest BCUT2D eigenvalue weighted by Gasteiger charge is -1.91. The van der Waals surface area contributed by atoms with Gasteiger partial charge < -0.3 is 9.84 Å². The number of aromatic hydroxyl groups is 1. The topological polar surface area (TPSA) is 46.5 Å². The zero-order valence-electron chi connectivity index (χ0n) is 8.36. The molecule has 0 aliphatic heterocycles. The van der Waals surface area contributed by atoms with Crippen molar-refractivity contribution in [2.45, 2.75) is 6.92 Å². The van der Waals surface area contributed by atoms with Gasteiger partial charge >= 0.3 is 5.97 Å². The number of carbonyl (C=O) groups is 1. The minimum Gasteiger partial charge on any atom is -0.508 e. The minimum atomic E-state index is -0.347. The first-order valence-corrected chi connectivity index (χ1v) is 4.05. The lowest BCUT2D eigenvalue weighted by atomic mass is 10.3. The first-order chi connectivity index (χ1) is 6.57. The molecule has 3 heteroatoms. The van der Waals surface area contributed by atoms with Crippen molar-refractivity contribution in [2.75, 3.05) is 7.11 Å². The fourth-order valence-electron chi connectivity index (χ4n) is 0.602. The molecule has 0 spiro atoms. The number of rotatable bonds is 1. The van der Waals surface area contributed by atoms with E-state index in [1.807, 2.05) is 6.07 Å². The molecule has 14 heavy (non-hydrogen) atoms. The molecule has 1 rings (SSSR count). The number of benzene rings is 1. The first kappa shape index (κ1) is 12.2. The number of esters is 1. The van der Waals surface area contributed by atoms with Gasteiger partial charge in [-0.15, -0.1) is 0 Å². The summed E-state index contributed by atoms with van der Waals surface area (Å²) < 4.78 is 4.27. The SMILES string of the molecule is C=C(C)C(=O)OC.Oc1ccccc1. The maximum Gasteiger partial charge on any atom is 0.332 e. The van der Waals surface area contributed by atoms with Crippen LogP contribution >= 0.6 is 0 Å². The lowest BCUT2D eigenvalue weighted by molar-refractivity contribution is -0.136. The quantitative estimate of drug-likeness (QED) is 0.550. The Hall–Kier alpha value is -1.77. The third-order valence-corrected chi connectivity index (χ3v) is 1.29. The Bertz CT molecular complexity index is 291. The van der Waals surface area contributed by atoms with Crippen LogP contribution in [0.3, 0.4) is 0 Å². The normalized spacial score (nSPS) is 8.14. The van der Waals surface area contributed by atoms with Crippen LogP contribution in [0, 0.1) is 0 Å². The number of methoxy groups -OCH3 is 1. The van der Waals surface area contributed by atoms with E-state index in [1.165, 1.54) is 7.11 Å². The zero-order valence-corrected chi connectivity index (χ0v) is 8.36. The predicted octanol–water partition coefficient (Wildman–Crippen LogP) is 2.13. The largest absolute Gasteiger partial charge is 0.508 e. The molecule has 0 aliphatic rings. The molecule has 1 aromatic carbocycles. The standard InChI is InChI=1S/C6H6O.C5H8O2/c7-6-4-2-1-3-5-6;1-4(2)5(6)7-3/h1-5,7H;1H2,2-3H3. The molecule has 0 heterocycles. The summed E-state index contributed by atoms with van der Waals surface area (Å²) in [6, 6.07) is 8.71. The number of phenolic OH excluding ortho intramolecular Hbond substituents is 1. The Balaban J connectivity index is 0.000000241. The highest BCUT2D eigenvalue weighted by atomic mass is 16.5. The fraction of sp³-hybridized carbons (Fsp3) is 0.182. The van der Waals surface area contributed by atoms with Gasteiger partial charge in [0.1, 0.15) is 5.75 Å². The van der Waals surface area contributed by atoms with Gasteiger partial charge in [0.05, 0.1) is 7.11 Å². The van der Waals surface area contributed by atoms with Crippen molar-refractivity contribution in [1.29, 1.82) is 0 Å². The van der Waals surface area contributed by atoms with E-state index in [0.29, 0.717) is 11.3 Å². The molecule has 0 fully saturated rings. The van der Waals surface area contributed by atoms with Crippen LogP contribution in [0.1, 0.15) is 6.92 Å². The summed E-state index contributed by atoms with van der Waals surface area (Å²) in [5.41, 5.74) is 0.433. The smallest absolute Gasteiger partial charge is 0.332 e. The van der Waals surface area contributed by atoms with E-state index < -0.39 is 0 Å². The summed E-state index contributed by atoms with van der Waals surface area (Å²) >= 11 is 0. The van der Waals surface area contributed by atoms with Gasteiger partial charge in [0.25, 0.3) is 0 Å². The molecule has 3 nitrogen and oxygen atoms in total. The van der Waals surface area contributed by atoms with E-state index in [1.54, 1.807) is 31.2 Å². The third-order valence-electron chi connectivity index (χ3n) is 1.29. The van der Waals surface area contributed by atoms with Gasteiger partial charge in [-0.3, -0.25) is 0 Å². The molecular weight excluding hydrogens is 180 g/mol. The second kappa shape index (κ2) is 6.71. The molecule has 0 unspecified atom stereocenters. The predicted molar refractivity (Wildman–Crippen MR) is 54.9 cm³/mol. The number of hydrogen-bond acceptors (Lipinski definition) is 3. The van der Waals surface area contributed by atoms with Crippen LogP contribution in [0.2, 0.25) is 0 Å². The molecule has 0 amide bonds. The maximum absolute atomic E-state index is 10.2. The molecular formula is C11H14O3. The lowest BCUT2D eigenvalue weighted by Crippen LogP contribution is -1.98. The average Bonchev–Trinajstić information content (AvgIpc) is 2.18. The molecule has 0 saturated carbocycles. The van der Waals surface area contributed by atoms with Crippen LogP contribution in [0.15, 0.2) is 42.5 Å². The van der Waals surface area contributed by atoms with Crippen molar-refractivity contribution in [3.8, 4) is 5.75 Å². The van der Waals surface area contributed by atoms with Crippen LogP contribution in [0.25, 0.3) is 0 Å². The van der Waals surface area contributed by atoms with Crippen LogP contribution in [-0.4, -0.2) is 18.2 Å². The Morgan fingerprint density at radius 3 is 2.00 bits per heavy atom. The van der Waals surface area contributed by atoms with Crippen LogP contribution in [-0.2, 0) is 9.53 Å². The molecule has 0 atom stereocenters. The molecule has 0 aliphatic carbocycles. The van der Waals surface area contributed by atoms with Crippen molar-refractivity contribution < 1.29 is 14.6 Å². The minimum absolute atomic E-state index is 0.322. The summed E-state index contributed by atoms with van der Waals surface area (Å²) in [5, 5.41) is 8.63. The third kappa shape index (κ3) is 5.83. The van der Waals surface area contributed by atoms with Crippen molar-refractivity contribution in [1.82, 2.24) is 0 Å². The van der Waals surface area contributed by atoms with Gasteiger partial charge in [0, 0.05) is 5.57 Å². The molecule has 0 radical (unpaired) electrons. The van der Waals surface area contributed by atoms with E-state index in [-0.39, 0.29) is 5.97 Å². The molecule has 0 aromatic heterocycles. The van der Waals surface area contributed by atoms with Crippen molar-refractivity contribution >= 4 is 5.97 Å². The van der Waals surface area contributed by atoms with E-state index in [9.17, 15) is 4.79 Å². The monoisotopic (exact) mass is 194 g/mol. The number of phenols is 1. The highest BCUT2D eigenvalue weighted by Crippen LogP contribution is 2.02. The van der Waals surface area contributed by atoms with Gasteiger partial charge in [0.2, 0.25) is 0 Å². The highest BCUT2D eigenvalue weighted by Gasteiger charge is 1.95. The second-order valence-electron chi connectivity index (χ2n) is 2.61. The number of para-hydroxylation sites is 1. The van der Waals surface area contributed by atoms with Gasteiger partial charge in [0.15, 0.2) is 0 Å². The van der Waals surface area contributed by atoms with E-state index in [4.69, 9.17) is 5.11 Å². The van der Waals surface area contributed by atoms with Crippen LogP contribution in [0.4, 0.5) is 0 Å². The van der Waals surface area contributed by atoms with Crippen LogP contribution in [0.5, 0.6) is 5.75 Å². The second-order valence-corrected chi connectivity index (χ2v) is 2.61. The fourth-order valence-corrected chi connectivity index (χ4v) is 0.602. The van der Waals surface area contributed by atoms with E-state index in [2.05, 4.69) is 11.3 Å². The molecule has 0 bridgehead atoms. The van der Waals surface area contributed by atoms with Gasteiger partial charge in [-0.2, -0.15) is 0 Å². The Morgan fingerprint density at radius 2 is 1.86 bits per heavy atom. The summed E-state index contributed by atoms with van der Waals surface area (Å²) in [7, 11) is 1.33. The number of carbonyl (C=O) groups excluding carboxylic acids is 1. The van der Waals surface area contributed by atoms with Crippen molar-refractivity contribution in [3.05, 3.63) is 42.5 Å². The maximum atomic E-state index is 10.2. The van der Waals surface area contributed by atoms with E-state index >= 15 is 0 Å². The summed E-state index contributed by atoms with van der Waals surface area (Å²) in [6.07, 6.45) is 0. The van der Waals surface area contributed by atoms with Crippen molar-refractivity contribution in [3.63, 3.8) is 0 Å². The van der Waals surface area contributed by atoms with Gasteiger partial charge in [-0.25, -0.2) is 4.79 Å². The first-order valence-electron chi connectivity index (χ1n) is 4.05. The van der Waals surface area contributed by atoms with Gasteiger partial charge in [-0.1, -0.05) is 24.8 Å². The zero-order chi connectivity index (χ0) is 11.0. The van der Waals surface area contributed by atoms with Crippen molar-refractivity contribution in [2.24, 2.45) is 0 Å². The average molecular weight is 194 g/mol. The molecule has 76 valence electrons. The number of hydrogen-bond donors (Lipinski definition) is 1. The highest BCUT2D eigenvalue weighted by molar-refractivity contribution is 5.86. The summed E-state index contributed by atoms with van der Waals surface area (Å²) in [6.45, 7) is 4.95. The summed E-state index contributed by atoms with van der Waals surface area (Å²) in [5.74, 6) is -0.0255. The molecule has 1 aromatic rings. The van der Waals surface area contributed by atoms with Gasteiger partial charge in [-0.05, 0) is 19.1 Å². The Kier molecular flexibility index (Phi) is 5.87. The molecule has 1 N–H and O–H groups in total. The van der Waals surface area contributed by atoms with E-state index in [0.717, 1.165) is 0 Å². The Morgan fingerprint density at radius 1 is 1.36 bits per heavy atom. The molecule has 0 saturated heterocycles. The number of ether oxygens (including phenoxy) is 1. The van der Waals surface area contributed by atoms with Crippen LogP contribution < -0.4 is 0 Å². The summed E-state index contributed by atoms with van der Waals surface area (Å²) in [4.78, 5) is 10.2.